The highest BCUT2D eigenvalue weighted by Gasteiger charge is 2.22. The van der Waals surface area contributed by atoms with Gasteiger partial charge in [-0.1, -0.05) is 29.3 Å². The lowest BCUT2D eigenvalue weighted by Gasteiger charge is -2.06. The first-order chi connectivity index (χ1) is 8.75. The van der Waals surface area contributed by atoms with E-state index in [0.29, 0.717) is 34.0 Å². The molecule has 0 aliphatic heterocycles. The van der Waals surface area contributed by atoms with E-state index in [0.717, 1.165) is 5.69 Å². The van der Waals surface area contributed by atoms with Gasteiger partial charge in [0.1, 0.15) is 5.69 Å². The van der Waals surface area contributed by atoms with Crippen LogP contribution in [0, 0.1) is 0 Å². The van der Waals surface area contributed by atoms with Gasteiger partial charge in [0.2, 0.25) is 0 Å². The number of nitrogens with one attached hydrogen (secondary N) is 1. The predicted molar refractivity (Wildman–Crippen MR) is 71.8 cm³/mol. The van der Waals surface area contributed by atoms with Crippen molar-refractivity contribution in [3.63, 3.8) is 0 Å². The summed E-state index contributed by atoms with van der Waals surface area (Å²) in [4.78, 5) is 4.23. The molecule has 1 heterocycles. The molecule has 0 amide bonds. The van der Waals surface area contributed by atoms with Crippen LogP contribution in [0.2, 0.25) is 10.0 Å². The number of halogens is 2. The number of aromatic nitrogens is 1. The van der Waals surface area contributed by atoms with Gasteiger partial charge in [-0.3, -0.25) is 0 Å². The number of benzene rings is 1. The number of rotatable bonds is 4. The summed E-state index contributed by atoms with van der Waals surface area (Å²) >= 11 is 12.4. The fraction of sp³-hybridized carbons (Fsp3) is 0.308. The van der Waals surface area contributed by atoms with Gasteiger partial charge in [-0.05, 0) is 25.0 Å². The van der Waals surface area contributed by atoms with Crippen molar-refractivity contribution in [2.75, 3.05) is 0 Å². The quantitative estimate of drug-likeness (QED) is 0.924. The molecule has 0 saturated heterocycles. The van der Waals surface area contributed by atoms with Crippen LogP contribution in [-0.2, 0) is 6.54 Å². The maximum absolute atomic E-state index is 6.18. The summed E-state index contributed by atoms with van der Waals surface area (Å²) < 4.78 is 5.45. The van der Waals surface area contributed by atoms with Crippen molar-refractivity contribution in [3.8, 4) is 11.3 Å². The third-order valence-electron chi connectivity index (χ3n) is 2.97. The minimum atomic E-state index is 0.576. The zero-order chi connectivity index (χ0) is 12.5. The molecule has 3 nitrogen and oxygen atoms in total. The van der Waals surface area contributed by atoms with Gasteiger partial charge in [-0.25, -0.2) is 4.98 Å². The zero-order valence-electron chi connectivity index (χ0n) is 9.62. The highest BCUT2D eigenvalue weighted by Crippen LogP contribution is 2.36. The molecule has 3 rings (SSSR count). The van der Waals surface area contributed by atoms with Gasteiger partial charge in [0.25, 0.3) is 0 Å². The minimum absolute atomic E-state index is 0.576. The molecule has 1 aliphatic rings. The first-order valence-corrected chi connectivity index (χ1v) is 6.61. The second kappa shape index (κ2) is 4.92. The highest BCUT2D eigenvalue weighted by atomic mass is 35.5. The molecule has 1 N–H and O–H groups in total. The van der Waals surface area contributed by atoms with E-state index in [1.165, 1.54) is 19.2 Å². The van der Waals surface area contributed by atoms with Crippen molar-refractivity contribution in [3.05, 3.63) is 40.3 Å². The molecule has 1 aromatic heterocycles. The van der Waals surface area contributed by atoms with Crippen molar-refractivity contribution < 1.29 is 4.42 Å². The molecule has 1 saturated carbocycles. The molecular weight excluding hydrogens is 271 g/mol. The molecule has 1 fully saturated rings. The van der Waals surface area contributed by atoms with E-state index in [9.17, 15) is 0 Å². The van der Waals surface area contributed by atoms with Crippen LogP contribution in [0.15, 0.2) is 29.0 Å². The Kier molecular flexibility index (Phi) is 3.29. The van der Waals surface area contributed by atoms with Gasteiger partial charge in [-0.15, -0.1) is 0 Å². The van der Waals surface area contributed by atoms with Gasteiger partial charge in [0.15, 0.2) is 12.2 Å². The van der Waals surface area contributed by atoms with E-state index in [4.69, 9.17) is 27.6 Å². The molecule has 0 bridgehead atoms. The molecule has 2 aromatic rings. The average Bonchev–Trinajstić information content (AvgIpc) is 3.06. The molecule has 0 radical (unpaired) electrons. The Bertz CT molecular complexity index is 544. The van der Waals surface area contributed by atoms with E-state index in [-0.39, 0.29) is 0 Å². The van der Waals surface area contributed by atoms with Gasteiger partial charge in [0, 0.05) is 12.6 Å². The topological polar surface area (TPSA) is 38.1 Å². The van der Waals surface area contributed by atoms with E-state index < -0.39 is 0 Å². The van der Waals surface area contributed by atoms with Crippen LogP contribution >= 0.6 is 23.2 Å². The maximum atomic E-state index is 6.18. The van der Waals surface area contributed by atoms with Gasteiger partial charge in [0.05, 0.1) is 15.6 Å². The Hall–Kier alpha value is -1.03. The van der Waals surface area contributed by atoms with Crippen LogP contribution in [0.3, 0.4) is 0 Å². The number of oxazole rings is 1. The van der Waals surface area contributed by atoms with E-state index in [1.807, 2.05) is 6.07 Å². The fourth-order valence-electron chi connectivity index (χ4n) is 1.84. The van der Waals surface area contributed by atoms with E-state index >= 15 is 0 Å². The Morgan fingerprint density at radius 1 is 1.28 bits per heavy atom. The minimum Gasteiger partial charge on any atom is -0.443 e. The monoisotopic (exact) mass is 282 g/mol. The Labute approximate surface area is 115 Å². The largest absolute Gasteiger partial charge is 0.443 e. The molecule has 0 unspecified atom stereocenters. The van der Waals surface area contributed by atoms with Crippen molar-refractivity contribution >= 4 is 23.2 Å². The molecule has 1 aliphatic carbocycles. The number of hydrogen-bond donors (Lipinski definition) is 1. The second-order valence-corrected chi connectivity index (χ2v) is 5.19. The van der Waals surface area contributed by atoms with Crippen LogP contribution in [0.5, 0.6) is 0 Å². The Balaban J connectivity index is 1.93. The van der Waals surface area contributed by atoms with Crippen LogP contribution in [0.25, 0.3) is 11.3 Å². The summed E-state index contributed by atoms with van der Waals surface area (Å²) in [5.41, 5.74) is 1.56. The lowest BCUT2D eigenvalue weighted by Crippen LogP contribution is -2.16. The molecular formula is C13H12Cl2N2O. The molecule has 0 atom stereocenters. The van der Waals surface area contributed by atoms with Crippen molar-refractivity contribution in [2.24, 2.45) is 0 Å². The van der Waals surface area contributed by atoms with E-state index in [1.54, 1.807) is 12.1 Å². The smallest absolute Gasteiger partial charge is 0.181 e. The van der Waals surface area contributed by atoms with E-state index in [2.05, 4.69) is 10.3 Å². The molecule has 1 aromatic carbocycles. The van der Waals surface area contributed by atoms with Crippen molar-refractivity contribution in [1.29, 1.82) is 0 Å². The summed E-state index contributed by atoms with van der Waals surface area (Å²) in [7, 11) is 0. The summed E-state index contributed by atoms with van der Waals surface area (Å²) in [6.45, 7) is 0.679. The van der Waals surface area contributed by atoms with Crippen molar-refractivity contribution in [2.45, 2.75) is 25.4 Å². The lowest BCUT2D eigenvalue weighted by atomic mass is 10.1. The first-order valence-electron chi connectivity index (χ1n) is 5.86. The normalized spacial score (nSPS) is 15.0. The molecule has 18 heavy (non-hydrogen) atoms. The standard InChI is InChI=1S/C13H12Cl2N2O/c14-9-2-1-3-10(15)12(9)13-11(17-7-18-13)6-16-8-4-5-8/h1-3,7-8,16H,4-6H2. The fourth-order valence-corrected chi connectivity index (χ4v) is 2.41. The van der Waals surface area contributed by atoms with Gasteiger partial charge in [-0.2, -0.15) is 0 Å². The third-order valence-corrected chi connectivity index (χ3v) is 3.60. The molecule has 0 spiro atoms. The van der Waals surface area contributed by atoms with Crippen LogP contribution in [0.1, 0.15) is 18.5 Å². The summed E-state index contributed by atoms with van der Waals surface area (Å²) in [6.07, 6.45) is 3.90. The predicted octanol–water partition coefficient (Wildman–Crippen LogP) is 3.90. The number of nitrogens with zero attached hydrogens (tertiary/aromatic N) is 1. The van der Waals surface area contributed by atoms with Gasteiger partial charge >= 0.3 is 0 Å². The summed E-state index contributed by atoms with van der Waals surface area (Å²) in [5, 5.41) is 4.55. The molecule has 5 heteroatoms. The highest BCUT2D eigenvalue weighted by molar-refractivity contribution is 6.39. The Morgan fingerprint density at radius 3 is 2.67 bits per heavy atom. The average molecular weight is 283 g/mol. The third kappa shape index (κ3) is 2.39. The van der Waals surface area contributed by atoms with Crippen LogP contribution < -0.4 is 5.32 Å². The first kappa shape index (κ1) is 12.0. The summed E-state index contributed by atoms with van der Waals surface area (Å²) in [6, 6.07) is 6.02. The number of hydrogen-bond acceptors (Lipinski definition) is 3. The molecule has 94 valence electrons. The van der Waals surface area contributed by atoms with Crippen molar-refractivity contribution in [1.82, 2.24) is 10.3 Å². The zero-order valence-corrected chi connectivity index (χ0v) is 11.1. The Morgan fingerprint density at radius 2 is 2.00 bits per heavy atom. The van der Waals surface area contributed by atoms with Gasteiger partial charge < -0.3 is 9.73 Å². The summed E-state index contributed by atoms with van der Waals surface area (Å²) in [5.74, 6) is 0.652. The van der Waals surface area contributed by atoms with Crippen LogP contribution in [0.4, 0.5) is 0 Å². The second-order valence-electron chi connectivity index (χ2n) is 4.38. The maximum Gasteiger partial charge on any atom is 0.181 e. The van der Waals surface area contributed by atoms with Crippen LogP contribution in [-0.4, -0.2) is 11.0 Å². The lowest BCUT2D eigenvalue weighted by molar-refractivity contribution is 0.569. The SMILES string of the molecule is Clc1cccc(Cl)c1-c1ocnc1CNC1CC1.